The first kappa shape index (κ1) is 36.4. The van der Waals surface area contributed by atoms with Gasteiger partial charge in [-0.05, 0) is 45.6 Å². The maximum atomic E-state index is 16.6. The van der Waals surface area contributed by atoms with Crippen molar-refractivity contribution in [2.75, 3.05) is 40.0 Å². The lowest BCUT2D eigenvalue weighted by molar-refractivity contribution is -0.165. The molecule has 10 nitrogen and oxygen atoms in total. The molecule has 3 atom stereocenters. The highest BCUT2D eigenvalue weighted by Crippen LogP contribution is 2.56. The molecule has 5 rings (SSSR count). The van der Waals surface area contributed by atoms with E-state index in [0.29, 0.717) is 17.7 Å². The Morgan fingerprint density at radius 2 is 1.88 bits per heavy atom. The zero-order valence-corrected chi connectivity index (χ0v) is 29.0. The molecular weight excluding hydrogens is 662 g/mol. The standard InChI is InChI=1S/C36H41ClF2N2O8/c1-21-28-25(48-36(21,22-11-7-6-8-12-22)20-40-19-26(42)49-35(2,3)4)17-24(38)31(37)30(28)29-23(34(43)44-5)18-41-33(32(29)39)47-16-15-46-27-13-9-10-14-45-27/h6-8,11-12,17-18,21,27,40H,9-10,13-16,19-20H2,1-5H3. The number of carbonyl (C=O) groups excluding carboxylic acids is 2. The van der Waals surface area contributed by atoms with Crippen LogP contribution in [0.2, 0.25) is 5.02 Å². The van der Waals surface area contributed by atoms with Crippen molar-refractivity contribution in [3.05, 3.63) is 75.9 Å². The molecule has 1 N–H and O–H groups in total. The van der Waals surface area contributed by atoms with Gasteiger partial charge in [0.05, 0.1) is 30.8 Å². The van der Waals surface area contributed by atoms with Crippen LogP contribution in [0.3, 0.4) is 0 Å². The Bertz CT molecular complexity index is 1660. The van der Waals surface area contributed by atoms with Crippen molar-refractivity contribution in [3.63, 3.8) is 0 Å². The monoisotopic (exact) mass is 702 g/mol. The Morgan fingerprint density at radius 3 is 2.55 bits per heavy atom. The third kappa shape index (κ3) is 7.98. The molecule has 0 radical (unpaired) electrons. The lowest BCUT2D eigenvalue weighted by atomic mass is 9.77. The number of nitrogens with zero attached hydrogens (tertiary/aromatic N) is 1. The molecule has 0 saturated carbocycles. The maximum Gasteiger partial charge on any atom is 0.340 e. The van der Waals surface area contributed by atoms with E-state index in [1.54, 1.807) is 20.8 Å². The number of esters is 2. The highest BCUT2D eigenvalue weighted by Gasteiger charge is 2.50. The van der Waals surface area contributed by atoms with Crippen LogP contribution in [0.4, 0.5) is 8.78 Å². The number of hydrogen-bond acceptors (Lipinski definition) is 10. The lowest BCUT2D eigenvalue weighted by Gasteiger charge is -2.34. The van der Waals surface area contributed by atoms with Gasteiger partial charge in [-0.1, -0.05) is 48.9 Å². The quantitative estimate of drug-likeness (QED) is 0.161. The highest BCUT2D eigenvalue weighted by atomic mass is 35.5. The van der Waals surface area contributed by atoms with Crippen molar-refractivity contribution in [1.82, 2.24) is 10.3 Å². The van der Waals surface area contributed by atoms with Gasteiger partial charge in [0.25, 0.3) is 5.88 Å². The number of rotatable bonds is 12. The Labute approximate surface area is 289 Å². The van der Waals surface area contributed by atoms with Crippen molar-refractivity contribution in [3.8, 4) is 22.8 Å². The third-order valence-electron chi connectivity index (χ3n) is 8.39. The van der Waals surface area contributed by atoms with Gasteiger partial charge in [0.15, 0.2) is 17.7 Å². The van der Waals surface area contributed by atoms with Gasteiger partial charge in [-0.3, -0.25) is 4.79 Å². The van der Waals surface area contributed by atoms with E-state index in [0.717, 1.165) is 38.6 Å². The van der Waals surface area contributed by atoms with Gasteiger partial charge in [0, 0.05) is 48.0 Å². The van der Waals surface area contributed by atoms with E-state index in [-0.39, 0.29) is 55.0 Å². The zero-order valence-electron chi connectivity index (χ0n) is 28.2. The molecule has 3 unspecified atom stereocenters. The summed E-state index contributed by atoms with van der Waals surface area (Å²) in [5.74, 6) is -4.32. The van der Waals surface area contributed by atoms with Crippen LogP contribution in [0.25, 0.3) is 11.1 Å². The summed E-state index contributed by atoms with van der Waals surface area (Å²) in [5.41, 5.74) is -1.61. The fourth-order valence-electron chi connectivity index (χ4n) is 6.18. The maximum absolute atomic E-state index is 16.6. The molecule has 1 fully saturated rings. The molecule has 3 heterocycles. The lowest BCUT2D eigenvalue weighted by Crippen LogP contribution is -2.46. The van der Waals surface area contributed by atoms with Crippen LogP contribution in [-0.2, 0) is 29.3 Å². The van der Waals surface area contributed by atoms with Crippen LogP contribution >= 0.6 is 11.6 Å². The van der Waals surface area contributed by atoms with E-state index in [1.807, 2.05) is 37.3 Å². The predicted molar refractivity (Wildman–Crippen MR) is 177 cm³/mol. The molecular formula is C36H41ClF2N2O8. The minimum atomic E-state index is -1.22. The van der Waals surface area contributed by atoms with Gasteiger partial charge in [-0.15, -0.1) is 0 Å². The molecule has 1 aromatic heterocycles. The summed E-state index contributed by atoms with van der Waals surface area (Å²) in [4.78, 5) is 29.6. The molecule has 0 bridgehead atoms. The number of aromatic nitrogens is 1. The molecule has 2 aromatic carbocycles. The smallest absolute Gasteiger partial charge is 0.340 e. The number of pyridine rings is 1. The molecule has 2 aliphatic rings. The van der Waals surface area contributed by atoms with Crippen molar-refractivity contribution in [1.29, 1.82) is 0 Å². The Hall–Kier alpha value is -3.84. The van der Waals surface area contributed by atoms with Gasteiger partial charge < -0.3 is 33.7 Å². The van der Waals surface area contributed by atoms with E-state index in [9.17, 15) is 9.59 Å². The van der Waals surface area contributed by atoms with Crippen LogP contribution in [0.1, 0.15) is 74.4 Å². The fourth-order valence-corrected chi connectivity index (χ4v) is 6.43. The molecule has 264 valence electrons. The molecule has 0 spiro atoms. The SMILES string of the molecule is COC(=O)c1cnc(OCCOC2CCCCO2)c(F)c1-c1c(Cl)c(F)cc2c1C(C)C(CNCC(=O)OC(C)(C)C)(c1ccccc1)O2. The Balaban J connectivity index is 1.54. The molecule has 1 saturated heterocycles. The largest absolute Gasteiger partial charge is 0.480 e. The van der Waals surface area contributed by atoms with E-state index < -0.39 is 51.6 Å². The van der Waals surface area contributed by atoms with Crippen LogP contribution in [0.15, 0.2) is 42.6 Å². The molecule has 3 aromatic rings. The second-order valence-corrected chi connectivity index (χ2v) is 13.3. The molecule has 0 aliphatic carbocycles. The Morgan fingerprint density at radius 1 is 1.12 bits per heavy atom. The summed E-state index contributed by atoms with van der Waals surface area (Å²) in [6, 6.07) is 10.3. The van der Waals surface area contributed by atoms with Crippen LogP contribution < -0.4 is 14.8 Å². The Kier molecular flexibility index (Phi) is 11.4. The predicted octanol–water partition coefficient (Wildman–Crippen LogP) is 6.71. The van der Waals surface area contributed by atoms with E-state index in [4.69, 9.17) is 40.0 Å². The fraction of sp³-hybridized carbons (Fsp3) is 0.472. The van der Waals surface area contributed by atoms with E-state index in [1.165, 1.54) is 0 Å². The summed E-state index contributed by atoms with van der Waals surface area (Å²) < 4.78 is 66.2. The number of ether oxygens (including phenoxy) is 6. The van der Waals surface area contributed by atoms with Gasteiger partial charge in [0.1, 0.15) is 23.8 Å². The minimum absolute atomic E-state index is 0.0737. The highest BCUT2D eigenvalue weighted by molar-refractivity contribution is 6.34. The van der Waals surface area contributed by atoms with Crippen LogP contribution in [-0.4, -0.2) is 68.8 Å². The molecule has 2 aliphatic heterocycles. The number of nitrogens with one attached hydrogen (secondary N) is 1. The van der Waals surface area contributed by atoms with Crippen LogP contribution in [0.5, 0.6) is 11.6 Å². The number of hydrogen-bond donors (Lipinski definition) is 1. The second-order valence-electron chi connectivity index (χ2n) is 12.9. The number of methoxy groups -OCH3 is 1. The number of fused-ring (bicyclic) bond motifs is 1. The normalized spacial score (nSPS) is 20.3. The van der Waals surface area contributed by atoms with Crippen molar-refractivity contribution in [2.24, 2.45) is 0 Å². The first-order valence-corrected chi connectivity index (χ1v) is 16.6. The summed E-state index contributed by atoms with van der Waals surface area (Å²) in [5, 5.41) is 2.70. The number of benzene rings is 2. The van der Waals surface area contributed by atoms with Gasteiger partial charge >= 0.3 is 11.9 Å². The minimum Gasteiger partial charge on any atom is -0.480 e. The first-order valence-electron chi connectivity index (χ1n) is 16.2. The van der Waals surface area contributed by atoms with E-state index >= 15 is 8.78 Å². The third-order valence-corrected chi connectivity index (χ3v) is 8.76. The molecule has 0 amide bonds. The zero-order chi connectivity index (χ0) is 35.3. The summed E-state index contributed by atoms with van der Waals surface area (Å²) in [6.07, 6.45) is 3.42. The van der Waals surface area contributed by atoms with Crippen molar-refractivity contribution in [2.45, 2.75) is 70.4 Å². The topological polar surface area (TPSA) is 114 Å². The molecule has 49 heavy (non-hydrogen) atoms. The first-order chi connectivity index (χ1) is 23.4. The average Bonchev–Trinajstić information content (AvgIpc) is 3.35. The summed E-state index contributed by atoms with van der Waals surface area (Å²) in [7, 11) is 1.14. The van der Waals surface area contributed by atoms with Gasteiger partial charge in [0.2, 0.25) is 0 Å². The summed E-state index contributed by atoms with van der Waals surface area (Å²) >= 11 is 6.66. The van der Waals surface area contributed by atoms with E-state index in [2.05, 4.69) is 10.3 Å². The van der Waals surface area contributed by atoms with Gasteiger partial charge in [-0.25, -0.2) is 18.6 Å². The van der Waals surface area contributed by atoms with Crippen molar-refractivity contribution < 1.29 is 46.8 Å². The average molecular weight is 703 g/mol. The summed E-state index contributed by atoms with van der Waals surface area (Å²) in [6.45, 7) is 7.70. The van der Waals surface area contributed by atoms with Crippen molar-refractivity contribution >= 4 is 23.5 Å². The number of halogens is 3. The second kappa shape index (κ2) is 15.4. The molecule has 13 heteroatoms. The van der Waals surface area contributed by atoms with Crippen LogP contribution in [0, 0.1) is 11.6 Å². The van der Waals surface area contributed by atoms with Gasteiger partial charge in [-0.2, -0.15) is 0 Å². The number of carbonyl (C=O) groups is 2.